The van der Waals surface area contributed by atoms with Crippen molar-refractivity contribution >= 4 is 35.0 Å². The first kappa shape index (κ1) is 26.0. The van der Waals surface area contributed by atoms with Crippen LogP contribution < -0.4 is 16.0 Å². The number of benzene rings is 1. The van der Waals surface area contributed by atoms with Gasteiger partial charge in [-0.1, -0.05) is 11.6 Å². The fourth-order valence-electron chi connectivity index (χ4n) is 5.19. The van der Waals surface area contributed by atoms with Gasteiger partial charge in [0.25, 0.3) is 17.7 Å². The number of nitrogens with zero attached hydrogens (tertiary/aromatic N) is 1. The summed E-state index contributed by atoms with van der Waals surface area (Å²) < 4.78 is 48.2. The zero-order valence-electron chi connectivity index (χ0n) is 19.9. The third-order valence-electron chi connectivity index (χ3n) is 6.73. The first-order chi connectivity index (χ1) is 16.9. The van der Waals surface area contributed by atoms with E-state index in [1.807, 2.05) is 0 Å². The molecule has 2 heterocycles. The van der Waals surface area contributed by atoms with Crippen LogP contribution in [0.2, 0.25) is 5.02 Å². The minimum Gasteiger partial charge on any atom is -0.367 e. The van der Waals surface area contributed by atoms with Crippen LogP contribution in [0, 0.1) is 12.7 Å². The minimum atomic E-state index is -3.07. The van der Waals surface area contributed by atoms with E-state index in [0.717, 1.165) is 12.5 Å². The second-order valence-electron chi connectivity index (χ2n) is 9.15. The number of aromatic nitrogens is 1. The first-order valence-corrected chi connectivity index (χ1v) is 11.7. The van der Waals surface area contributed by atoms with Gasteiger partial charge >= 0.3 is 0 Å². The largest absolute Gasteiger partial charge is 0.367 e. The Morgan fingerprint density at radius 1 is 1.22 bits per heavy atom. The van der Waals surface area contributed by atoms with Gasteiger partial charge in [0.1, 0.15) is 17.1 Å². The molecular formula is C24H26ClF3N4O4. The Morgan fingerprint density at radius 2 is 1.92 bits per heavy atom. The molecular weight excluding hydrogens is 501 g/mol. The van der Waals surface area contributed by atoms with Crippen LogP contribution >= 0.6 is 11.6 Å². The highest BCUT2D eigenvalue weighted by Gasteiger charge is 2.62. The molecule has 1 aliphatic carbocycles. The second-order valence-corrected chi connectivity index (χ2v) is 9.56. The van der Waals surface area contributed by atoms with E-state index in [1.54, 1.807) is 11.5 Å². The quantitative estimate of drug-likeness (QED) is 0.514. The topological polar surface area (TPSA) is 101 Å². The van der Waals surface area contributed by atoms with Gasteiger partial charge in [0, 0.05) is 50.5 Å². The predicted molar refractivity (Wildman–Crippen MR) is 126 cm³/mol. The zero-order chi connectivity index (χ0) is 26.4. The molecule has 1 unspecified atom stereocenters. The van der Waals surface area contributed by atoms with Crippen LogP contribution in [0.3, 0.4) is 0 Å². The molecule has 1 aliphatic heterocycles. The van der Waals surface area contributed by atoms with Gasteiger partial charge in [-0.3, -0.25) is 14.4 Å². The number of methoxy groups -OCH3 is 1. The molecule has 12 heteroatoms. The average molecular weight is 527 g/mol. The number of carbonyl (C=O) groups is 3. The summed E-state index contributed by atoms with van der Waals surface area (Å²) in [5, 5.41) is 7.36. The summed E-state index contributed by atoms with van der Waals surface area (Å²) in [5.74, 6) is -5.64. The van der Waals surface area contributed by atoms with Crippen LogP contribution in [-0.4, -0.2) is 47.9 Å². The third-order valence-corrected chi connectivity index (χ3v) is 7.02. The van der Waals surface area contributed by atoms with E-state index < -0.39 is 53.9 Å². The fourth-order valence-corrected chi connectivity index (χ4v) is 5.37. The van der Waals surface area contributed by atoms with Crippen molar-refractivity contribution in [2.24, 2.45) is 0 Å². The number of hydrogen-bond donors (Lipinski definition) is 3. The summed E-state index contributed by atoms with van der Waals surface area (Å²) in [6.07, 6.45) is -1.58. The van der Waals surface area contributed by atoms with E-state index in [0.29, 0.717) is 41.2 Å². The lowest BCUT2D eigenvalue weighted by Gasteiger charge is -2.46. The van der Waals surface area contributed by atoms with E-state index in [9.17, 15) is 27.6 Å². The van der Waals surface area contributed by atoms with Gasteiger partial charge in [-0.15, -0.1) is 0 Å². The van der Waals surface area contributed by atoms with Gasteiger partial charge in [0.15, 0.2) is 6.10 Å². The molecule has 1 aromatic carbocycles. The first-order valence-electron chi connectivity index (χ1n) is 11.4. The van der Waals surface area contributed by atoms with Crippen LogP contribution in [0.15, 0.2) is 18.2 Å². The zero-order valence-corrected chi connectivity index (χ0v) is 20.7. The molecule has 0 spiro atoms. The van der Waals surface area contributed by atoms with Crippen molar-refractivity contribution < 1.29 is 32.3 Å². The number of hydrogen-bond acceptors (Lipinski definition) is 4. The van der Waals surface area contributed by atoms with Gasteiger partial charge in [0.05, 0.1) is 5.02 Å². The highest BCUT2D eigenvalue weighted by Crippen LogP contribution is 2.46. The number of fused-ring (bicyclic) bond motifs is 1. The molecule has 0 bridgehead atoms. The Labute approximate surface area is 210 Å². The molecule has 2 aromatic rings. The molecule has 2 aliphatic rings. The molecule has 0 radical (unpaired) electrons. The van der Waals surface area contributed by atoms with Crippen molar-refractivity contribution in [2.75, 3.05) is 19.5 Å². The van der Waals surface area contributed by atoms with Gasteiger partial charge < -0.3 is 25.3 Å². The van der Waals surface area contributed by atoms with Crippen LogP contribution in [0.25, 0.3) is 0 Å². The van der Waals surface area contributed by atoms with Gasteiger partial charge in [-0.2, -0.15) is 0 Å². The number of halogens is 4. The van der Waals surface area contributed by atoms with Gasteiger partial charge in [-0.25, -0.2) is 13.2 Å². The molecule has 0 saturated heterocycles. The lowest BCUT2D eigenvalue weighted by molar-refractivity contribution is -0.168. The molecule has 4 rings (SSSR count). The Balaban J connectivity index is 1.65. The monoisotopic (exact) mass is 526 g/mol. The number of carbonyl (C=O) groups excluding carboxylic acids is 3. The molecule has 1 saturated carbocycles. The van der Waals surface area contributed by atoms with E-state index >= 15 is 0 Å². The summed E-state index contributed by atoms with van der Waals surface area (Å²) >= 11 is 5.82. The second kappa shape index (κ2) is 9.44. The van der Waals surface area contributed by atoms with Crippen LogP contribution in [0.4, 0.5) is 18.9 Å². The summed E-state index contributed by atoms with van der Waals surface area (Å²) in [5.41, 5.74) is 0.484. The number of likely N-dealkylation sites (N-methyl/N-ethyl adjacent to an activating group) is 1. The summed E-state index contributed by atoms with van der Waals surface area (Å²) in [4.78, 5) is 38.9. The normalized spacial score (nSPS) is 18.1. The van der Waals surface area contributed by atoms with Crippen LogP contribution in [-0.2, 0) is 27.3 Å². The Bertz CT molecular complexity index is 1240. The number of ether oxygens (including phenoxy) is 1. The van der Waals surface area contributed by atoms with Crippen molar-refractivity contribution in [2.45, 2.75) is 56.7 Å². The van der Waals surface area contributed by atoms with Gasteiger partial charge in [0.2, 0.25) is 5.91 Å². The summed E-state index contributed by atoms with van der Waals surface area (Å²) in [6, 6.07) is 3.80. The van der Waals surface area contributed by atoms with Crippen molar-refractivity contribution in [3.05, 3.63) is 51.6 Å². The van der Waals surface area contributed by atoms with Crippen molar-refractivity contribution in [1.82, 2.24) is 15.2 Å². The molecule has 1 aromatic heterocycles. The summed E-state index contributed by atoms with van der Waals surface area (Å²) in [7, 11) is 2.61. The molecule has 3 amide bonds. The van der Waals surface area contributed by atoms with Crippen LogP contribution in [0.1, 0.15) is 52.7 Å². The maximum absolute atomic E-state index is 13.7. The summed E-state index contributed by atoms with van der Waals surface area (Å²) in [6.45, 7) is 2.19. The number of anilines is 1. The van der Waals surface area contributed by atoms with E-state index in [-0.39, 0.29) is 5.02 Å². The SMILES string of the molecule is CNC(=O)C1(NC(=O)C(OC)c2c(C)c(C(=O)Nc3ccc(F)c(Cl)c3)n3c2CCC3)CC(F)(F)C1. The third kappa shape index (κ3) is 4.45. The standard InChI is InChI=1S/C24H26ClF3N4O4/c1-12-17(19(36-3)21(34)31-23(22(35)29-2)10-24(27,28)11-23)16-5-4-8-32(16)18(12)20(33)30-13-6-7-15(26)14(25)9-13/h6-7,9,19H,4-5,8,10-11H2,1-3H3,(H,29,35)(H,30,33)(H,31,34). The Morgan fingerprint density at radius 3 is 2.50 bits per heavy atom. The van der Waals surface area contributed by atoms with E-state index in [1.165, 1.54) is 26.3 Å². The van der Waals surface area contributed by atoms with Crippen molar-refractivity contribution in [3.8, 4) is 0 Å². The molecule has 8 nitrogen and oxygen atoms in total. The van der Waals surface area contributed by atoms with E-state index in [2.05, 4.69) is 16.0 Å². The number of alkyl halides is 2. The Kier molecular flexibility index (Phi) is 6.82. The highest BCUT2D eigenvalue weighted by molar-refractivity contribution is 6.31. The Hall–Kier alpha value is -3.05. The van der Waals surface area contributed by atoms with Crippen molar-refractivity contribution in [3.63, 3.8) is 0 Å². The lowest BCUT2D eigenvalue weighted by Crippen LogP contribution is -2.69. The fraction of sp³-hybridized carbons (Fsp3) is 0.458. The molecule has 3 N–H and O–H groups in total. The van der Waals surface area contributed by atoms with Crippen molar-refractivity contribution in [1.29, 1.82) is 0 Å². The minimum absolute atomic E-state index is 0.145. The maximum atomic E-state index is 13.7. The maximum Gasteiger partial charge on any atom is 0.272 e. The smallest absolute Gasteiger partial charge is 0.272 e. The average Bonchev–Trinajstić information content (AvgIpc) is 3.35. The molecule has 36 heavy (non-hydrogen) atoms. The van der Waals surface area contributed by atoms with Crippen LogP contribution in [0.5, 0.6) is 0 Å². The van der Waals surface area contributed by atoms with E-state index in [4.69, 9.17) is 16.3 Å². The molecule has 1 atom stereocenters. The van der Waals surface area contributed by atoms with Gasteiger partial charge in [-0.05, 0) is 43.5 Å². The lowest BCUT2D eigenvalue weighted by atomic mass is 9.72. The molecule has 1 fully saturated rings. The number of rotatable bonds is 7. The molecule has 194 valence electrons. The predicted octanol–water partition coefficient (Wildman–Crippen LogP) is 3.51. The number of nitrogens with one attached hydrogen (secondary N) is 3. The number of amides is 3. The highest BCUT2D eigenvalue weighted by atomic mass is 35.5.